The van der Waals surface area contributed by atoms with Gasteiger partial charge in [-0.05, 0) is 37.0 Å². The van der Waals surface area contributed by atoms with Crippen molar-refractivity contribution in [3.63, 3.8) is 0 Å². The largest absolute Gasteiger partial charge is 0.495 e. The highest BCUT2D eigenvalue weighted by molar-refractivity contribution is 7.89. The zero-order chi connectivity index (χ0) is 14.8. The minimum absolute atomic E-state index is 0.0163. The highest BCUT2D eigenvalue weighted by Crippen LogP contribution is 2.29. The van der Waals surface area contributed by atoms with Crippen LogP contribution >= 0.6 is 11.6 Å². The van der Waals surface area contributed by atoms with E-state index in [1.165, 1.54) is 19.6 Å². The van der Waals surface area contributed by atoms with Gasteiger partial charge in [-0.3, -0.25) is 0 Å². The van der Waals surface area contributed by atoms with E-state index in [0.29, 0.717) is 16.7 Å². The molecule has 20 heavy (non-hydrogen) atoms. The van der Waals surface area contributed by atoms with Crippen LogP contribution in [0.5, 0.6) is 5.75 Å². The molecule has 0 amide bonds. The highest BCUT2D eigenvalue weighted by Gasteiger charge is 2.28. The summed E-state index contributed by atoms with van der Waals surface area (Å²) < 4.78 is 33.0. The lowest BCUT2D eigenvalue weighted by Gasteiger charge is -2.29. The van der Waals surface area contributed by atoms with Gasteiger partial charge in [0.25, 0.3) is 0 Å². The van der Waals surface area contributed by atoms with Gasteiger partial charge in [-0.25, -0.2) is 13.1 Å². The Morgan fingerprint density at radius 3 is 2.65 bits per heavy atom. The first kappa shape index (κ1) is 15.6. The van der Waals surface area contributed by atoms with Crippen molar-refractivity contribution in [1.29, 1.82) is 0 Å². The summed E-state index contributed by atoms with van der Waals surface area (Å²) in [5, 5.41) is 0.378. The smallest absolute Gasteiger partial charge is 0.244 e. The molecule has 0 aliphatic heterocycles. The van der Waals surface area contributed by atoms with Crippen LogP contribution in [0.3, 0.4) is 0 Å². The fraction of sp³-hybridized carbons (Fsp3) is 0.571. The molecule has 0 bridgehead atoms. The van der Waals surface area contributed by atoms with Crippen LogP contribution in [0.15, 0.2) is 23.1 Å². The summed E-state index contributed by atoms with van der Waals surface area (Å²) in [5.41, 5.74) is 0. The fourth-order valence-electron chi connectivity index (χ4n) is 2.61. The van der Waals surface area contributed by atoms with Gasteiger partial charge in [0, 0.05) is 11.1 Å². The normalized spacial score (nSPS) is 23.6. The van der Waals surface area contributed by atoms with Gasteiger partial charge in [0.15, 0.2) is 0 Å². The molecule has 2 atom stereocenters. The van der Waals surface area contributed by atoms with Crippen LogP contribution in [0.4, 0.5) is 0 Å². The van der Waals surface area contributed by atoms with Crippen LogP contribution in [-0.4, -0.2) is 21.6 Å². The van der Waals surface area contributed by atoms with Gasteiger partial charge in [-0.2, -0.15) is 0 Å². The second kappa shape index (κ2) is 6.33. The predicted octanol–water partition coefficient (Wildman–Crippen LogP) is 3.21. The zero-order valence-electron chi connectivity index (χ0n) is 11.7. The lowest BCUT2D eigenvalue weighted by Crippen LogP contribution is -2.41. The van der Waals surface area contributed by atoms with Crippen molar-refractivity contribution >= 4 is 21.6 Å². The molecule has 0 spiro atoms. The number of methoxy groups -OCH3 is 1. The number of benzene rings is 1. The molecule has 2 rings (SSSR count). The summed E-state index contributed by atoms with van der Waals surface area (Å²) in [6.07, 6.45) is 4.16. The SMILES string of the molecule is COc1ccc(Cl)cc1S(=O)(=O)N[C@H]1CCCC[C@@H]1C. The van der Waals surface area contributed by atoms with E-state index in [9.17, 15) is 8.42 Å². The first-order valence-electron chi connectivity index (χ1n) is 6.80. The average molecular weight is 318 g/mol. The van der Waals surface area contributed by atoms with Crippen molar-refractivity contribution in [2.75, 3.05) is 7.11 Å². The molecule has 1 N–H and O–H groups in total. The molecule has 4 nitrogen and oxygen atoms in total. The van der Waals surface area contributed by atoms with Crippen LogP contribution in [0, 0.1) is 5.92 Å². The average Bonchev–Trinajstić information content (AvgIpc) is 2.41. The van der Waals surface area contributed by atoms with Crippen LogP contribution in [0.2, 0.25) is 5.02 Å². The van der Waals surface area contributed by atoms with Gasteiger partial charge in [0.1, 0.15) is 10.6 Å². The van der Waals surface area contributed by atoms with Crippen molar-refractivity contribution in [3.05, 3.63) is 23.2 Å². The molecular weight excluding hydrogens is 298 g/mol. The Balaban J connectivity index is 2.28. The van der Waals surface area contributed by atoms with Crippen molar-refractivity contribution in [1.82, 2.24) is 4.72 Å². The molecule has 1 aromatic rings. The van der Waals surface area contributed by atoms with E-state index in [0.717, 1.165) is 19.3 Å². The van der Waals surface area contributed by atoms with Crippen LogP contribution in [-0.2, 0) is 10.0 Å². The molecule has 112 valence electrons. The highest BCUT2D eigenvalue weighted by atomic mass is 35.5. The number of hydrogen-bond acceptors (Lipinski definition) is 3. The van der Waals surface area contributed by atoms with Crippen LogP contribution in [0.25, 0.3) is 0 Å². The summed E-state index contributed by atoms with van der Waals surface area (Å²) in [6.45, 7) is 2.08. The van der Waals surface area contributed by atoms with Crippen molar-refractivity contribution < 1.29 is 13.2 Å². The van der Waals surface area contributed by atoms with E-state index in [2.05, 4.69) is 11.6 Å². The molecule has 0 heterocycles. The predicted molar refractivity (Wildman–Crippen MR) is 79.7 cm³/mol. The Hall–Kier alpha value is -0.780. The van der Waals surface area contributed by atoms with Crippen molar-refractivity contribution in [2.24, 2.45) is 5.92 Å². The number of hydrogen-bond donors (Lipinski definition) is 1. The summed E-state index contributed by atoms with van der Waals surface area (Å²) in [7, 11) is -2.17. The summed E-state index contributed by atoms with van der Waals surface area (Å²) in [5.74, 6) is 0.661. The molecule has 1 aliphatic carbocycles. The quantitative estimate of drug-likeness (QED) is 0.927. The number of rotatable bonds is 4. The van der Waals surface area contributed by atoms with Gasteiger partial charge in [0.05, 0.1) is 7.11 Å². The maximum atomic E-state index is 12.5. The molecule has 1 fully saturated rings. The molecule has 1 aromatic carbocycles. The fourth-order valence-corrected chi connectivity index (χ4v) is 4.43. The lowest BCUT2D eigenvalue weighted by molar-refractivity contribution is 0.310. The standard InChI is InChI=1S/C14H20ClNO3S/c1-10-5-3-4-6-12(10)16-20(17,18)14-9-11(15)7-8-13(14)19-2/h7-10,12,16H,3-6H2,1-2H3/t10-,12-/m0/s1. The molecule has 0 saturated heterocycles. The molecular formula is C14H20ClNO3S. The Bertz CT molecular complexity index is 574. The van der Waals surface area contributed by atoms with Crippen LogP contribution in [0.1, 0.15) is 32.6 Å². The third kappa shape index (κ3) is 3.45. The van der Waals surface area contributed by atoms with E-state index < -0.39 is 10.0 Å². The molecule has 0 aromatic heterocycles. The Morgan fingerprint density at radius 1 is 1.30 bits per heavy atom. The number of halogens is 1. The van der Waals surface area contributed by atoms with E-state index in [1.807, 2.05) is 0 Å². The third-order valence-electron chi connectivity index (χ3n) is 3.83. The zero-order valence-corrected chi connectivity index (χ0v) is 13.3. The lowest BCUT2D eigenvalue weighted by atomic mass is 9.87. The van der Waals surface area contributed by atoms with Gasteiger partial charge in [0.2, 0.25) is 10.0 Å². The Labute approximate surface area is 125 Å². The molecule has 1 aliphatic rings. The maximum Gasteiger partial charge on any atom is 0.244 e. The second-order valence-corrected chi connectivity index (χ2v) is 7.40. The minimum Gasteiger partial charge on any atom is -0.495 e. The monoisotopic (exact) mass is 317 g/mol. The first-order valence-corrected chi connectivity index (χ1v) is 8.66. The minimum atomic E-state index is -3.62. The Kier molecular flexibility index (Phi) is 4.94. The van der Waals surface area contributed by atoms with E-state index in [-0.39, 0.29) is 10.9 Å². The van der Waals surface area contributed by atoms with E-state index >= 15 is 0 Å². The summed E-state index contributed by atoms with van der Waals surface area (Å²) in [6, 6.07) is 4.59. The molecule has 0 unspecified atom stereocenters. The number of ether oxygens (including phenoxy) is 1. The third-order valence-corrected chi connectivity index (χ3v) is 5.58. The Morgan fingerprint density at radius 2 is 2.00 bits per heavy atom. The van der Waals surface area contributed by atoms with Crippen molar-refractivity contribution in [2.45, 2.75) is 43.5 Å². The molecule has 0 radical (unpaired) electrons. The molecule has 6 heteroatoms. The second-order valence-electron chi connectivity index (χ2n) is 5.28. The molecule has 1 saturated carbocycles. The number of nitrogens with one attached hydrogen (secondary N) is 1. The summed E-state index contributed by atoms with van der Waals surface area (Å²) in [4.78, 5) is 0.102. The van der Waals surface area contributed by atoms with Crippen LogP contribution < -0.4 is 9.46 Å². The maximum absolute atomic E-state index is 12.5. The van der Waals surface area contributed by atoms with Gasteiger partial charge < -0.3 is 4.74 Å². The number of sulfonamides is 1. The van der Waals surface area contributed by atoms with E-state index in [1.54, 1.807) is 12.1 Å². The van der Waals surface area contributed by atoms with Crippen molar-refractivity contribution in [3.8, 4) is 5.75 Å². The topological polar surface area (TPSA) is 55.4 Å². The van der Waals surface area contributed by atoms with E-state index in [4.69, 9.17) is 16.3 Å². The van der Waals surface area contributed by atoms with Gasteiger partial charge in [-0.15, -0.1) is 0 Å². The summed E-state index contributed by atoms with van der Waals surface area (Å²) >= 11 is 5.90. The van der Waals surface area contributed by atoms with Gasteiger partial charge >= 0.3 is 0 Å². The van der Waals surface area contributed by atoms with Gasteiger partial charge in [-0.1, -0.05) is 31.4 Å². The first-order chi connectivity index (χ1) is 9.44.